The number of aryl methyl sites for hydroxylation is 1. The molecule has 0 saturated heterocycles. The monoisotopic (exact) mass is 248 g/mol. The molecule has 0 unspecified atom stereocenters. The maximum atomic E-state index is 10.9. The van der Waals surface area contributed by atoms with Crippen LogP contribution in [0.2, 0.25) is 0 Å². The van der Waals surface area contributed by atoms with Crippen molar-refractivity contribution in [3.63, 3.8) is 0 Å². The minimum absolute atomic E-state index is 0.175. The number of benzene rings is 1. The third-order valence-electron chi connectivity index (χ3n) is 2.24. The van der Waals surface area contributed by atoms with Crippen LogP contribution in [-0.4, -0.2) is 15.5 Å². The van der Waals surface area contributed by atoms with Gasteiger partial charge in [-0.1, -0.05) is 6.07 Å². The first-order chi connectivity index (χ1) is 6.83. The van der Waals surface area contributed by atoms with Crippen LogP contribution in [0.5, 0.6) is 5.75 Å². The maximum absolute atomic E-state index is 10.9. The molecule has 0 aliphatic heterocycles. The Kier molecular flexibility index (Phi) is 3.62. The fourth-order valence-corrected chi connectivity index (χ4v) is 2.34. The van der Waals surface area contributed by atoms with Gasteiger partial charge in [0, 0.05) is 10.7 Å². The van der Waals surface area contributed by atoms with E-state index in [-0.39, 0.29) is 5.75 Å². The summed E-state index contributed by atoms with van der Waals surface area (Å²) < 4.78 is 27.0. The number of hydrogen-bond acceptors (Lipinski definition) is 3. The van der Waals surface area contributed by atoms with E-state index < -0.39 is 9.05 Å². The molecule has 0 radical (unpaired) electrons. The van der Waals surface area contributed by atoms with Gasteiger partial charge < -0.3 is 4.74 Å². The molecule has 0 spiro atoms. The zero-order valence-electron chi connectivity index (χ0n) is 8.87. The average Bonchev–Trinajstić information content (AvgIpc) is 2.08. The smallest absolute Gasteiger partial charge is 0.236 e. The lowest BCUT2D eigenvalue weighted by Gasteiger charge is -2.09. The third-order valence-corrected chi connectivity index (χ3v) is 3.24. The third kappa shape index (κ3) is 3.39. The van der Waals surface area contributed by atoms with Crippen LogP contribution >= 0.6 is 10.7 Å². The molecule has 5 heteroatoms. The highest BCUT2D eigenvalue weighted by molar-refractivity contribution is 8.13. The number of ether oxygens (including phenoxy) is 1. The number of hydrogen-bond donors (Lipinski definition) is 0. The molecule has 0 aromatic heterocycles. The van der Waals surface area contributed by atoms with Gasteiger partial charge in [0.05, 0.1) is 12.9 Å². The van der Waals surface area contributed by atoms with Gasteiger partial charge in [-0.2, -0.15) is 0 Å². The summed E-state index contributed by atoms with van der Waals surface area (Å²) in [7, 11) is 3.23. The Morgan fingerprint density at radius 2 is 1.93 bits per heavy atom. The van der Waals surface area contributed by atoms with Gasteiger partial charge in [0.25, 0.3) is 0 Å². The Labute approximate surface area is 94.4 Å². The van der Waals surface area contributed by atoms with E-state index in [9.17, 15) is 8.42 Å². The molecule has 3 nitrogen and oxygen atoms in total. The Morgan fingerprint density at radius 1 is 1.33 bits per heavy atom. The van der Waals surface area contributed by atoms with Crippen molar-refractivity contribution in [1.82, 2.24) is 0 Å². The van der Waals surface area contributed by atoms with Gasteiger partial charge in [-0.05, 0) is 36.6 Å². The van der Waals surface area contributed by atoms with Crippen LogP contribution in [0, 0.1) is 13.8 Å². The predicted molar refractivity (Wildman–Crippen MR) is 60.9 cm³/mol. The van der Waals surface area contributed by atoms with Gasteiger partial charge in [0.15, 0.2) is 0 Å². The van der Waals surface area contributed by atoms with Crippen molar-refractivity contribution in [2.45, 2.75) is 19.6 Å². The Hall–Kier alpha value is -0.740. The molecule has 0 fully saturated rings. The van der Waals surface area contributed by atoms with Crippen LogP contribution in [0.15, 0.2) is 12.1 Å². The van der Waals surface area contributed by atoms with E-state index in [0.717, 1.165) is 11.1 Å². The lowest BCUT2D eigenvalue weighted by Crippen LogP contribution is -1.98. The van der Waals surface area contributed by atoms with E-state index in [1.807, 2.05) is 13.8 Å². The highest BCUT2D eigenvalue weighted by Crippen LogP contribution is 2.24. The second kappa shape index (κ2) is 4.41. The summed E-state index contributed by atoms with van der Waals surface area (Å²) >= 11 is 0. The average molecular weight is 249 g/mol. The Balaban J connectivity index is 3.17. The zero-order valence-corrected chi connectivity index (χ0v) is 10.4. The van der Waals surface area contributed by atoms with E-state index in [0.29, 0.717) is 11.3 Å². The van der Waals surface area contributed by atoms with E-state index >= 15 is 0 Å². The van der Waals surface area contributed by atoms with Gasteiger partial charge in [0.2, 0.25) is 9.05 Å². The van der Waals surface area contributed by atoms with E-state index in [1.165, 1.54) is 0 Å². The molecule has 0 bridgehead atoms. The summed E-state index contributed by atoms with van der Waals surface area (Å²) in [6.45, 7) is 3.83. The van der Waals surface area contributed by atoms with Gasteiger partial charge in [-0.3, -0.25) is 0 Å². The Bertz CT molecular complexity index is 466. The van der Waals surface area contributed by atoms with Gasteiger partial charge >= 0.3 is 0 Å². The van der Waals surface area contributed by atoms with Gasteiger partial charge in [-0.25, -0.2) is 8.42 Å². The first-order valence-corrected chi connectivity index (χ1v) is 6.88. The minimum atomic E-state index is -3.52. The fraction of sp³-hybridized carbons (Fsp3) is 0.400. The van der Waals surface area contributed by atoms with Gasteiger partial charge in [0.1, 0.15) is 5.75 Å². The topological polar surface area (TPSA) is 43.4 Å². The van der Waals surface area contributed by atoms with Crippen molar-refractivity contribution in [3.8, 4) is 5.75 Å². The van der Waals surface area contributed by atoms with Crippen LogP contribution in [0.25, 0.3) is 0 Å². The summed E-state index contributed by atoms with van der Waals surface area (Å²) in [4.78, 5) is 0. The van der Waals surface area contributed by atoms with Crippen molar-refractivity contribution in [3.05, 3.63) is 28.8 Å². The highest BCUT2D eigenvalue weighted by Gasteiger charge is 2.10. The van der Waals surface area contributed by atoms with Crippen molar-refractivity contribution in [2.75, 3.05) is 7.11 Å². The maximum Gasteiger partial charge on any atom is 0.236 e. The normalized spacial score (nSPS) is 11.5. The van der Waals surface area contributed by atoms with Crippen molar-refractivity contribution in [1.29, 1.82) is 0 Å². The molecule has 1 aromatic carbocycles. The van der Waals surface area contributed by atoms with E-state index in [1.54, 1.807) is 19.2 Å². The molecule has 0 atom stereocenters. The molecule has 1 rings (SSSR count). The van der Waals surface area contributed by atoms with Crippen molar-refractivity contribution >= 4 is 19.7 Å². The summed E-state index contributed by atoms with van der Waals surface area (Å²) in [5.41, 5.74) is 2.64. The second-order valence-electron chi connectivity index (χ2n) is 3.42. The quantitative estimate of drug-likeness (QED) is 0.772. The minimum Gasteiger partial charge on any atom is -0.496 e. The number of methoxy groups -OCH3 is 1. The summed E-state index contributed by atoms with van der Waals surface area (Å²) in [5.74, 6) is 0.511. The molecular weight excluding hydrogens is 236 g/mol. The first-order valence-electron chi connectivity index (χ1n) is 4.40. The van der Waals surface area contributed by atoms with E-state index in [4.69, 9.17) is 15.4 Å². The molecule has 0 aliphatic carbocycles. The van der Waals surface area contributed by atoms with Crippen LogP contribution < -0.4 is 4.74 Å². The predicted octanol–water partition coefficient (Wildman–Crippen LogP) is 2.38. The Morgan fingerprint density at radius 3 is 2.40 bits per heavy atom. The largest absolute Gasteiger partial charge is 0.496 e. The molecular formula is C10H13ClO3S. The van der Waals surface area contributed by atoms with Crippen molar-refractivity contribution in [2.24, 2.45) is 0 Å². The number of halogens is 1. The molecule has 0 aliphatic rings. The molecule has 0 heterocycles. The standard InChI is InChI=1S/C10H13ClO3S/c1-7-4-9(6-15(11,12)13)5-10(14-3)8(7)2/h4-5H,6H2,1-3H3. The summed E-state index contributed by atoms with van der Waals surface area (Å²) in [6, 6.07) is 3.50. The molecule has 0 amide bonds. The van der Waals surface area contributed by atoms with Crippen LogP contribution in [0.4, 0.5) is 0 Å². The lowest BCUT2D eigenvalue weighted by molar-refractivity contribution is 0.411. The van der Waals surface area contributed by atoms with E-state index in [2.05, 4.69) is 0 Å². The van der Waals surface area contributed by atoms with Crippen LogP contribution in [-0.2, 0) is 14.8 Å². The SMILES string of the molecule is COc1cc(CS(=O)(=O)Cl)cc(C)c1C. The second-order valence-corrected chi connectivity index (χ2v) is 6.20. The molecule has 0 saturated carbocycles. The number of rotatable bonds is 3. The van der Waals surface area contributed by atoms with Gasteiger partial charge in [-0.15, -0.1) is 0 Å². The first kappa shape index (κ1) is 12.3. The molecule has 1 aromatic rings. The molecule has 0 N–H and O–H groups in total. The van der Waals surface area contributed by atoms with Crippen LogP contribution in [0.3, 0.4) is 0 Å². The summed E-state index contributed by atoms with van der Waals surface area (Å²) in [6.07, 6.45) is 0. The molecule has 84 valence electrons. The zero-order chi connectivity index (χ0) is 11.6. The van der Waals surface area contributed by atoms with Crippen LogP contribution in [0.1, 0.15) is 16.7 Å². The summed E-state index contributed by atoms with van der Waals surface area (Å²) in [5, 5.41) is 0. The molecule has 15 heavy (non-hydrogen) atoms. The highest BCUT2D eigenvalue weighted by atomic mass is 35.7. The lowest BCUT2D eigenvalue weighted by atomic mass is 10.1. The van der Waals surface area contributed by atoms with Crippen molar-refractivity contribution < 1.29 is 13.2 Å². The fourth-order valence-electron chi connectivity index (χ4n) is 1.39.